The number of para-hydroxylation sites is 1. The first-order valence-electron chi connectivity index (χ1n) is 7.87. The normalized spacial score (nSPS) is 10.8. The molecule has 0 saturated carbocycles. The van der Waals surface area contributed by atoms with Crippen molar-refractivity contribution < 1.29 is 0 Å². The lowest BCUT2D eigenvalue weighted by Gasteiger charge is -2.20. The summed E-state index contributed by atoms with van der Waals surface area (Å²) in [5.74, 6) is 6.92. The summed E-state index contributed by atoms with van der Waals surface area (Å²) in [6, 6.07) is 15.5. The monoisotopic (exact) mass is 328 g/mol. The van der Waals surface area contributed by atoms with Crippen LogP contribution in [0, 0.1) is 6.92 Å². The molecule has 25 heavy (non-hydrogen) atoms. The highest BCUT2D eigenvalue weighted by molar-refractivity contribution is 5.93. The summed E-state index contributed by atoms with van der Waals surface area (Å²) in [6.07, 6.45) is 5.04. The van der Waals surface area contributed by atoms with Crippen LogP contribution in [0.2, 0.25) is 0 Å². The standard InChI is InChI=1S/C19H16N6/c1-13-10-18(14-6-2-3-7-15(14)23-13)25(20)19-12-21-11-17(24-19)16-8-4-5-9-22-16/h2-12H,20H2,1H3. The number of aryl methyl sites for hydroxylation is 1. The molecule has 3 aromatic heterocycles. The van der Waals surface area contributed by atoms with E-state index >= 15 is 0 Å². The number of fused-ring (bicyclic) bond motifs is 1. The molecule has 3 heterocycles. The third-order valence-corrected chi connectivity index (χ3v) is 3.88. The number of hydrogen-bond acceptors (Lipinski definition) is 6. The Kier molecular flexibility index (Phi) is 3.80. The molecule has 0 aliphatic rings. The van der Waals surface area contributed by atoms with Crippen LogP contribution in [-0.2, 0) is 0 Å². The molecule has 0 unspecified atom stereocenters. The lowest BCUT2D eigenvalue weighted by atomic mass is 10.1. The summed E-state index contributed by atoms with van der Waals surface area (Å²) in [5.41, 5.74) is 4.03. The fourth-order valence-corrected chi connectivity index (χ4v) is 2.72. The lowest BCUT2D eigenvalue weighted by molar-refractivity contribution is 1.02. The molecule has 0 bridgehead atoms. The van der Waals surface area contributed by atoms with Crippen molar-refractivity contribution in [3.05, 3.63) is 72.8 Å². The first-order valence-corrected chi connectivity index (χ1v) is 7.87. The van der Waals surface area contributed by atoms with E-state index in [4.69, 9.17) is 5.84 Å². The van der Waals surface area contributed by atoms with E-state index in [-0.39, 0.29) is 0 Å². The maximum Gasteiger partial charge on any atom is 0.166 e. The molecule has 0 spiro atoms. The van der Waals surface area contributed by atoms with Gasteiger partial charge >= 0.3 is 0 Å². The molecule has 122 valence electrons. The SMILES string of the molecule is Cc1cc(N(N)c2cncc(-c3ccccn3)n2)c2ccccc2n1. The fraction of sp³-hybridized carbons (Fsp3) is 0.0526. The highest BCUT2D eigenvalue weighted by Gasteiger charge is 2.13. The number of nitrogens with two attached hydrogens (primary N) is 1. The summed E-state index contributed by atoms with van der Waals surface area (Å²) in [4.78, 5) is 17.7. The smallest absolute Gasteiger partial charge is 0.166 e. The maximum absolute atomic E-state index is 6.38. The summed E-state index contributed by atoms with van der Waals surface area (Å²) in [6.45, 7) is 1.94. The van der Waals surface area contributed by atoms with Crippen molar-refractivity contribution >= 4 is 22.4 Å². The van der Waals surface area contributed by atoms with Crippen molar-refractivity contribution in [2.75, 3.05) is 5.01 Å². The van der Waals surface area contributed by atoms with Gasteiger partial charge in [-0.05, 0) is 31.2 Å². The van der Waals surface area contributed by atoms with Crippen LogP contribution in [0.1, 0.15) is 5.69 Å². The van der Waals surface area contributed by atoms with Crippen LogP contribution in [0.3, 0.4) is 0 Å². The van der Waals surface area contributed by atoms with Crippen LogP contribution in [0.15, 0.2) is 67.1 Å². The highest BCUT2D eigenvalue weighted by atomic mass is 15.4. The van der Waals surface area contributed by atoms with Crippen LogP contribution in [0.5, 0.6) is 0 Å². The minimum absolute atomic E-state index is 0.541. The number of nitrogens with zero attached hydrogens (tertiary/aromatic N) is 5. The lowest BCUT2D eigenvalue weighted by Crippen LogP contribution is -2.26. The predicted molar refractivity (Wildman–Crippen MR) is 98.1 cm³/mol. The Morgan fingerprint density at radius 1 is 0.920 bits per heavy atom. The van der Waals surface area contributed by atoms with Crippen LogP contribution < -0.4 is 10.9 Å². The second-order valence-electron chi connectivity index (χ2n) is 5.65. The second kappa shape index (κ2) is 6.26. The molecule has 0 saturated heterocycles. The molecule has 0 fully saturated rings. The van der Waals surface area contributed by atoms with Gasteiger partial charge in [-0.2, -0.15) is 0 Å². The average Bonchev–Trinajstić information content (AvgIpc) is 2.67. The Morgan fingerprint density at radius 2 is 1.76 bits per heavy atom. The van der Waals surface area contributed by atoms with Crippen LogP contribution in [0.25, 0.3) is 22.3 Å². The number of hydrazine groups is 1. The van der Waals surface area contributed by atoms with E-state index in [1.807, 2.05) is 55.5 Å². The fourth-order valence-electron chi connectivity index (χ4n) is 2.72. The third kappa shape index (κ3) is 2.90. The molecule has 0 radical (unpaired) electrons. The van der Waals surface area contributed by atoms with E-state index in [9.17, 15) is 0 Å². The zero-order chi connectivity index (χ0) is 17.2. The van der Waals surface area contributed by atoms with Gasteiger partial charge in [-0.15, -0.1) is 0 Å². The van der Waals surface area contributed by atoms with E-state index in [0.717, 1.165) is 28.0 Å². The van der Waals surface area contributed by atoms with Gasteiger partial charge in [0.05, 0.1) is 29.3 Å². The topological polar surface area (TPSA) is 80.8 Å². The van der Waals surface area contributed by atoms with Crippen molar-refractivity contribution in [3.8, 4) is 11.4 Å². The number of rotatable bonds is 3. The molecule has 1 aromatic carbocycles. The van der Waals surface area contributed by atoms with Gasteiger partial charge < -0.3 is 0 Å². The van der Waals surface area contributed by atoms with E-state index in [1.165, 1.54) is 5.01 Å². The predicted octanol–water partition coefficient (Wildman–Crippen LogP) is 3.41. The number of benzene rings is 1. The summed E-state index contributed by atoms with van der Waals surface area (Å²) < 4.78 is 0. The molecular weight excluding hydrogens is 312 g/mol. The molecule has 0 atom stereocenters. The summed E-state index contributed by atoms with van der Waals surface area (Å²) in [5, 5.41) is 2.50. The van der Waals surface area contributed by atoms with Gasteiger partial charge in [0.25, 0.3) is 0 Å². The molecule has 0 aliphatic heterocycles. The van der Waals surface area contributed by atoms with Crippen LogP contribution in [-0.4, -0.2) is 19.9 Å². The van der Waals surface area contributed by atoms with Crippen molar-refractivity contribution in [2.45, 2.75) is 6.92 Å². The first-order chi connectivity index (χ1) is 12.2. The largest absolute Gasteiger partial charge is 0.260 e. The molecule has 0 amide bonds. The highest BCUT2D eigenvalue weighted by Crippen LogP contribution is 2.29. The van der Waals surface area contributed by atoms with E-state index in [2.05, 4.69) is 19.9 Å². The van der Waals surface area contributed by atoms with Gasteiger partial charge in [-0.1, -0.05) is 24.3 Å². The Hall–Kier alpha value is -3.38. The Morgan fingerprint density at radius 3 is 2.60 bits per heavy atom. The Labute approximate surface area is 145 Å². The van der Waals surface area contributed by atoms with E-state index in [1.54, 1.807) is 18.6 Å². The second-order valence-corrected chi connectivity index (χ2v) is 5.65. The molecule has 6 heteroatoms. The van der Waals surface area contributed by atoms with Gasteiger partial charge in [0, 0.05) is 17.3 Å². The van der Waals surface area contributed by atoms with Gasteiger partial charge in [0.15, 0.2) is 5.82 Å². The van der Waals surface area contributed by atoms with Gasteiger partial charge in [-0.25, -0.2) is 10.8 Å². The van der Waals surface area contributed by atoms with Crippen molar-refractivity contribution in [1.82, 2.24) is 19.9 Å². The quantitative estimate of drug-likeness (QED) is 0.458. The maximum atomic E-state index is 6.38. The molecule has 6 nitrogen and oxygen atoms in total. The van der Waals surface area contributed by atoms with E-state index in [0.29, 0.717) is 11.5 Å². The summed E-state index contributed by atoms with van der Waals surface area (Å²) >= 11 is 0. The molecular formula is C19H16N6. The molecule has 0 aliphatic carbocycles. The van der Waals surface area contributed by atoms with Crippen molar-refractivity contribution in [2.24, 2.45) is 5.84 Å². The molecule has 2 N–H and O–H groups in total. The van der Waals surface area contributed by atoms with E-state index < -0.39 is 0 Å². The van der Waals surface area contributed by atoms with Crippen LogP contribution in [0.4, 0.5) is 11.5 Å². The Bertz CT molecular complexity index is 1030. The van der Waals surface area contributed by atoms with Crippen LogP contribution >= 0.6 is 0 Å². The molecule has 4 aromatic rings. The summed E-state index contributed by atoms with van der Waals surface area (Å²) in [7, 11) is 0. The zero-order valence-electron chi connectivity index (χ0n) is 13.7. The van der Waals surface area contributed by atoms with Gasteiger partial charge in [0.1, 0.15) is 5.69 Å². The minimum atomic E-state index is 0.541. The number of aromatic nitrogens is 4. The minimum Gasteiger partial charge on any atom is -0.260 e. The Balaban J connectivity index is 1.81. The van der Waals surface area contributed by atoms with Crippen molar-refractivity contribution in [3.63, 3.8) is 0 Å². The zero-order valence-corrected chi connectivity index (χ0v) is 13.7. The number of hydrogen-bond donors (Lipinski definition) is 1. The number of anilines is 2. The molecule has 4 rings (SSSR count). The van der Waals surface area contributed by atoms with Gasteiger partial charge in [-0.3, -0.25) is 20.0 Å². The number of pyridine rings is 2. The third-order valence-electron chi connectivity index (χ3n) is 3.88. The average molecular weight is 328 g/mol. The van der Waals surface area contributed by atoms with Crippen molar-refractivity contribution in [1.29, 1.82) is 0 Å². The van der Waals surface area contributed by atoms with Gasteiger partial charge in [0.2, 0.25) is 0 Å². The first kappa shape index (κ1) is 15.2.